The van der Waals surface area contributed by atoms with E-state index in [9.17, 15) is 4.79 Å². The van der Waals surface area contributed by atoms with Gasteiger partial charge >= 0.3 is 51.4 Å². The molecule has 0 aromatic rings. The van der Waals surface area contributed by atoms with Crippen molar-refractivity contribution in [1.82, 2.24) is 0 Å². The average molecular weight is 160 g/mol. The molecule has 0 aliphatic rings. The molecule has 0 aromatic carbocycles. The molecule has 0 aliphatic heterocycles. The fourth-order valence-electron chi connectivity index (χ4n) is 0.118. The fraction of sp³-hybridized carbons (Fsp3) is 0.667. The van der Waals surface area contributed by atoms with E-state index in [0.717, 1.165) is 17.5 Å². The van der Waals surface area contributed by atoms with Gasteiger partial charge in [0.1, 0.15) is 0 Å². The molecule has 0 saturated carbocycles. The van der Waals surface area contributed by atoms with E-state index >= 15 is 0 Å². The summed E-state index contributed by atoms with van der Waals surface area (Å²) < 4.78 is -0.211. The number of hydrogen-bond acceptors (Lipinski definition) is 3. The van der Waals surface area contributed by atoms with E-state index in [2.05, 4.69) is 12.6 Å². The van der Waals surface area contributed by atoms with Crippen LogP contribution in [0.4, 0.5) is 4.79 Å². The Morgan fingerprint density at radius 3 is 2.29 bits per heavy atom. The Kier molecular flexibility index (Phi) is 13.1. The first-order valence-electron chi connectivity index (χ1n) is 1.61. The van der Waals surface area contributed by atoms with Crippen LogP contribution < -0.4 is 51.4 Å². The third-order valence-corrected chi connectivity index (χ3v) is 1.14. The Morgan fingerprint density at radius 1 is 1.86 bits per heavy atom. The monoisotopic (exact) mass is 160 g/mol. The summed E-state index contributed by atoms with van der Waals surface area (Å²) in [5, 5.41) is 0. The van der Waals surface area contributed by atoms with Crippen molar-refractivity contribution in [3.63, 3.8) is 0 Å². The summed E-state index contributed by atoms with van der Waals surface area (Å²) in [6, 6.07) is 0. The summed E-state index contributed by atoms with van der Waals surface area (Å²) in [4.78, 5) is 9.82. The maximum atomic E-state index is 9.82. The molecule has 0 amide bonds. The first kappa shape index (κ1) is 11.6. The van der Waals surface area contributed by atoms with Crippen LogP contribution in [0.1, 0.15) is 6.92 Å². The van der Waals surface area contributed by atoms with Crippen molar-refractivity contribution >= 4 is 28.8 Å². The van der Waals surface area contributed by atoms with Crippen LogP contribution >= 0.6 is 11.8 Å². The molecule has 0 saturated heterocycles. The van der Waals surface area contributed by atoms with Gasteiger partial charge in [-0.2, -0.15) is 0 Å². The van der Waals surface area contributed by atoms with Crippen molar-refractivity contribution in [3.05, 3.63) is 0 Å². The molecule has 0 aliphatic carbocycles. The second kappa shape index (κ2) is 7.88. The van der Waals surface area contributed by atoms with Crippen molar-refractivity contribution in [2.24, 2.45) is 0 Å². The molecule has 0 aromatic heterocycles. The molecule has 0 N–H and O–H groups in total. The number of rotatable bonds is 1. The van der Waals surface area contributed by atoms with Crippen LogP contribution in [0.2, 0.25) is 0 Å². The van der Waals surface area contributed by atoms with Gasteiger partial charge in [0.15, 0.2) is 0 Å². The van der Waals surface area contributed by atoms with Crippen LogP contribution in [0.3, 0.4) is 0 Å². The SMILES string of the molecule is CCSC(=O)[S-].[K+]. The van der Waals surface area contributed by atoms with Crippen molar-refractivity contribution in [3.8, 4) is 0 Å². The van der Waals surface area contributed by atoms with Crippen LogP contribution in [0.5, 0.6) is 0 Å². The predicted molar refractivity (Wildman–Crippen MR) is 30.9 cm³/mol. The molecule has 0 unspecified atom stereocenters. The number of thioether (sulfide) groups is 1. The van der Waals surface area contributed by atoms with E-state index in [0.29, 0.717) is 0 Å². The molecule has 0 rings (SSSR count). The third kappa shape index (κ3) is 11.4. The maximum absolute atomic E-state index is 9.82. The molecule has 0 spiro atoms. The van der Waals surface area contributed by atoms with Crippen molar-refractivity contribution in [2.45, 2.75) is 6.92 Å². The normalized spacial score (nSPS) is 7.00. The molecule has 0 bridgehead atoms. The van der Waals surface area contributed by atoms with Crippen LogP contribution in [0.25, 0.3) is 0 Å². The zero-order valence-corrected chi connectivity index (χ0v) is 9.19. The van der Waals surface area contributed by atoms with Gasteiger partial charge in [-0.05, 0) is 5.75 Å². The Labute approximate surface area is 95.8 Å². The van der Waals surface area contributed by atoms with E-state index in [1.165, 1.54) is 0 Å². The topological polar surface area (TPSA) is 17.1 Å². The van der Waals surface area contributed by atoms with Crippen molar-refractivity contribution in [2.75, 3.05) is 5.75 Å². The van der Waals surface area contributed by atoms with Gasteiger partial charge in [0.05, 0.1) is 4.45 Å². The minimum atomic E-state index is -0.211. The molecule has 36 valence electrons. The summed E-state index contributed by atoms with van der Waals surface area (Å²) in [6.45, 7) is 1.90. The summed E-state index contributed by atoms with van der Waals surface area (Å²) in [5.74, 6) is 0.794. The standard InChI is InChI=1S/C3H6OS2.K/c1-2-6-3(4)5;/h2H2,1H3,(H,4,5);/q;+1/p-1. The van der Waals surface area contributed by atoms with Gasteiger partial charge in [-0.3, -0.25) is 0 Å². The van der Waals surface area contributed by atoms with Crippen molar-refractivity contribution < 1.29 is 56.2 Å². The smallest absolute Gasteiger partial charge is 0.730 e. The molecular formula is C3H5KOS2. The molecule has 0 fully saturated rings. The molecule has 0 heterocycles. The number of carbonyl (C=O) groups excluding carboxylic acids is 1. The average Bonchev–Trinajstić information content (AvgIpc) is 1.35. The molecule has 0 atom stereocenters. The zero-order valence-electron chi connectivity index (χ0n) is 4.43. The molecule has 0 radical (unpaired) electrons. The summed E-state index contributed by atoms with van der Waals surface area (Å²) >= 11 is 5.36. The van der Waals surface area contributed by atoms with E-state index in [1.54, 1.807) is 0 Å². The third-order valence-electron chi connectivity index (χ3n) is 0.262. The summed E-state index contributed by atoms with van der Waals surface area (Å²) in [6.07, 6.45) is 0. The van der Waals surface area contributed by atoms with Gasteiger partial charge < -0.3 is 17.4 Å². The predicted octanol–water partition coefficient (Wildman–Crippen LogP) is -1.59. The van der Waals surface area contributed by atoms with Gasteiger partial charge in [0, 0.05) is 0 Å². The Bertz CT molecular complexity index is 56.9. The molecule has 7 heavy (non-hydrogen) atoms. The molecular weight excluding hydrogens is 155 g/mol. The van der Waals surface area contributed by atoms with E-state index in [-0.39, 0.29) is 55.8 Å². The summed E-state index contributed by atoms with van der Waals surface area (Å²) in [7, 11) is 0. The Morgan fingerprint density at radius 2 is 2.29 bits per heavy atom. The molecule has 4 heteroatoms. The van der Waals surface area contributed by atoms with Gasteiger partial charge in [-0.15, -0.1) is 11.8 Å². The largest absolute Gasteiger partial charge is 1.00 e. The Hall–Kier alpha value is 1.88. The van der Waals surface area contributed by atoms with Gasteiger partial charge in [0.2, 0.25) is 0 Å². The van der Waals surface area contributed by atoms with E-state index < -0.39 is 0 Å². The quantitative estimate of drug-likeness (QED) is 0.340. The fourth-order valence-corrected chi connectivity index (χ4v) is 0.707. The van der Waals surface area contributed by atoms with Crippen LogP contribution in [-0.4, -0.2) is 10.2 Å². The number of carbonyl (C=O) groups is 1. The van der Waals surface area contributed by atoms with Gasteiger partial charge in [0.25, 0.3) is 0 Å². The van der Waals surface area contributed by atoms with Crippen LogP contribution in [-0.2, 0) is 12.6 Å². The van der Waals surface area contributed by atoms with Gasteiger partial charge in [-0.1, -0.05) is 6.92 Å². The summed E-state index contributed by atoms with van der Waals surface area (Å²) in [5.41, 5.74) is 0. The van der Waals surface area contributed by atoms with Gasteiger partial charge in [-0.25, -0.2) is 0 Å². The zero-order chi connectivity index (χ0) is 4.99. The minimum absolute atomic E-state index is 0. The maximum Gasteiger partial charge on any atom is 1.00 e. The second-order valence-electron chi connectivity index (χ2n) is 0.683. The Balaban J connectivity index is 0. The van der Waals surface area contributed by atoms with Crippen LogP contribution in [0, 0.1) is 0 Å². The van der Waals surface area contributed by atoms with Crippen LogP contribution in [0.15, 0.2) is 0 Å². The second-order valence-corrected chi connectivity index (χ2v) is 2.55. The number of hydrogen-bond donors (Lipinski definition) is 0. The minimum Gasteiger partial charge on any atom is -0.730 e. The molecule has 1 nitrogen and oxygen atoms in total. The van der Waals surface area contributed by atoms with E-state index in [4.69, 9.17) is 0 Å². The first-order chi connectivity index (χ1) is 2.77. The van der Waals surface area contributed by atoms with Crippen molar-refractivity contribution in [1.29, 1.82) is 0 Å². The van der Waals surface area contributed by atoms with E-state index in [1.807, 2.05) is 6.92 Å². The first-order valence-corrected chi connectivity index (χ1v) is 3.00.